The van der Waals surface area contributed by atoms with E-state index in [1.807, 2.05) is 20.8 Å². The molecule has 8 nitrogen and oxygen atoms in total. The van der Waals surface area contributed by atoms with Crippen LogP contribution in [0.15, 0.2) is 31.9 Å². The second-order valence-electron chi connectivity index (χ2n) is 6.72. The molecule has 0 spiro atoms. The molecule has 150 valence electrons. The van der Waals surface area contributed by atoms with Crippen molar-refractivity contribution in [2.45, 2.75) is 34.2 Å². The van der Waals surface area contributed by atoms with E-state index in [1.54, 1.807) is 29.8 Å². The number of thiophene rings is 1. The van der Waals surface area contributed by atoms with Crippen molar-refractivity contribution in [2.75, 3.05) is 5.43 Å². The predicted molar refractivity (Wildman–Crippen MR) is 114 cm³/mol. The number of fused-ring (bicyclic) bond motifs is 1. The molecule has 0 unspecified atom stereocenters. The maximum atomic E-state index is 12.7. The van der Waals surface area contributed by atoms with Crippen LogP contribution in [0, 0.1) is 27.7 Å². The van der Waals surface area contributed by atoms with E-state index in [-0.39, 0.29) is 11.3 Å². The summed E-state index contributed by atoms with van der Waals surface area (Å²) in [6.07, 6.45) is 0. The number of furan rings is 1. The Morgan fingerprint density at radius 1 is 1.28 bits per heavy atom. The van der Waals surface area contributed by atoms with E-state index in [0.717, 1.165) is 25.4 Å². The maximum absolute atomic E-state index is 12.7. The van der Waals surface area contributed by atoms with Crippen LogP contribution >= 0.6 is 27.3 Å². The Balaban J connectivity index is 1.58. The second-order valence-corrected chi connectivity index (χ2v) is 8.75. The van der Waals surface area contributed by atoms with Crippen molar-refractivity contribution in [1.29, 1.82) is 0 Å². The van der Waals surface area contributed by atoms with Gasteiger partial charge in [-0.15, -0.1) is 11.3 Å². The van der Waals surface area contributed by atoms with Crippen molar-refractivity contribution in [3.05, 3.63) is 66.6 Å². The molecule has 0 bridgehead atoms. The summed E-state index contributed by atoms with van der Waals surface area (Å²) in [5, 5.41) is 4.92. The van der Waals surface area contributed by atoms with Crippen LogP contribution in [0.5, 0.6) is 0 Å². The molecule has 4 heterocycles. The van der Waals surface area contributed by atoms with Crippen molar-refractivity contribution in [2.24, 2.45) is 0 Å². The molecular weight excluding hydrogens is 458 g/mol. The van der Waals surface area contributed by atoms with Gasteiger partial charge in [0.2, 0.25) is 0 Å². The quantitative estimate of drug-likeness (QED) is 0.485. The average molecular weight is 476 g/mol. The van der Waals surface area contributed by atoms with Gasteiger partial charge in [-0.05, 0) is 61.8 Å². The number of aromatic nitrogens is 4. The molecule has 4 aromatic rings. The molecule has 4 rings (SSSR count). The number of hydrogen-bond acceptors (Lipinski definition) is 6. The topological polar surface area (TPSA) is 95.0 Å². The van der Waals surface area contributed by atoms with Gasteiger partial charge in [0.25, 0.3) is 5.56 Å². The summed E-state index contributed by atoms with van der Waals surface area (Å²) < 4.78 is 9.57. The third kappa shape index (κ3) is 3.53. The summed E-state index contributed by atoms with van der Waals surface area (Å²) >= 11 is 4.94. The van der Waals surface area contributed by atoms with Crippen molar-refractivity contribution < 1.29 is 9.21 Å². The lowest BCUT2D eigenvalue weighted by Crippen LogP contribution is -2.35. The number of amides is 1. The van der Waals surface area contributed by atoms with Gasteiger partial charge in [-0.2, -0.15) is 5.10 Å². The van der Waals surface area contributed by atoms with Gasteiger partial charge >= 0.3 is 5.91 Å². The second kappa shape index (κ2) is 7.27. The van der Waals surface area contributed by atoms with Gasteiger partial charge in [-0.1, -0.05) is 0 Å². The van der Waals surface area contributed by atoms with Crippen LogP contribution in [0.1, 0.15) is 38.4 Å². The maximum Gasteiger partial charge on any atom is 0.305 e. The molecule has 0 saturated carbocycles. The lowest BCUT2D eigenvalue weighted by Gasteiger charge is -2.09. The average Bonchev–Trinajstić information content (AvgIpc) is 3.34. The Hall–Kier alpha value is -2.72. The van der Waals surface area contributed by atoms with Crippen LogP contribution in [0.4, 0.5) is 0 Å². The summed E-state index contributed by atoms with van der Waals surface area (Å²) in [6, 6.07) is 5.07. The Morgan fingerprint density at radius 3 is 2.72 bits per heavy atom. The normalized spacial score (nSPS) is 11.3. The van der Waals surface area contributed by atoms with Gasteiger partial charge in [0, 0.05) is 4.88 Å². The number of aryl methyl sites for hydroxylation is 3. The highest BCUT2D eigenvalue weighted by Gasteiger charge is 2.17. The standard InChI is InChI=1S/C19H18BrN5O3S/c1-9-7-14-18(29-9)21-12(4)25(19(14)27)23-17(26)15-6-5-13(28-15)8-24-11(3)16(20)10(2)22-24/h5-7H,8H2,1-4H3,(H,23,26). The van der Waals surface area contributed by atoms with E-state index in [9.17, 15) is 9.59 Å². The van der Waals surface area contributed by atoms with Crippen LogP contribution in [-0.2, 0) is 6.54 Å². The molecule has 0 atom stereocenters. The first-order chi connectivity index (χ1) is 13.7. The molecule has 1 N–H and O–H groups in total. The molecule has 4 aromatic heterocycles. The van der Waals surface area contributed by atoms with Crippen LogP contribution in [0.25, 0.3) is 10.2 Å². The number of halogens is 1. The molecule has 0 fully saturated rings. The van der Waals surface area contributed by atoms with Crippen LogP contribution in [0.3, 0.4) is 0 Å². The fourth-order valence-corrected chi connectivity index (χ4v) is 4.25. The van der Waals surface area contributed by atoms with Gasteiger partial charge in [0.1, 0.15) is 16.4 Å². The smallest absolute Gasteiger partial charge is 0.305 e. The summed E-state index contributed by atoms with van der Waals surface area (Å²) in [5.41, 5.74) is 4.12. The first kappa shape index (κ1) is 19.6. The predicted octanol–water partition coefficient (Wildman–Crippen LogP) is 3.68. The highest BCUT2D eigenvalue weighted by Crippen LogP contribution is 2.22. The van der Waals surface area contributed by atoms with Crippen molar-refractivity contribution >= 4 is 43.4 Å². The first-order valence-electron chi connectivity index (χ1n) is 8.84. The Kier molecular flexibility index (Phi) is 4.91. The van der Waals surface area contributed by atoms with Gasteiger partial charge in [-0.3, -0.25) is 19.7 Å². The van der Waals surface area contributed by atoms with E-state index in [1.165, 1.54) is 11.3 Å². The molecule has 10 heteroatoms. The first-order valence-corrected chi connectivity index (χ1v) is 10.4. The fourth-order valence-electron chi connectivity index (χ4n) is 3.05. The van der Waals surface area contributed by atoms with E-state index in [2.05, 4.69) is 31.4 Å². The Labute approximate surface area is 178 Å². The van der Waals surface area contributed by atoms with Gasteiger partial charge in [0.05, 0.1) is 27.8 Å². The van der Waals surface area contributed by atoms with Crippen molar-refractivity contribution in [3.8, 4) is 0 Å². The fraction of sp³-hybridized carbons (Fsp3) is 0.263. The lowest BCUT2D eigenvalue weighted by molar-refractivity contribution is 0.0978. The summed E-state index contributed by atoms with van der Waals surface area (Å²) in [6.45, 7) is 7.84. The largest absolute Gasteiger partial charge is 0.454 e. The molecule has 0 saturated heterocycles. The Morgan fingerprint density at radius 2 is 2.03 bits per heavy atom. The molecule has 1 amide bonds. The summed E-state index contributed by atoms with van der Waals surface area (Å²) in [4.78, 5) is 31.4. The Bertz CT molecular complexity index is 1310. The van der Waals surface area contributed by atoms with Gasteiger partial charge in [-0.25, -0.2) is 9.66 Å². The number of carbonyl (C=O) groups is 1. The van der Waals surface area contributed by atoms with Crippen LogP contribution in [0.2, 0.25) is 0 Å². The minimum atomic E-state index is -0.524. The number of nitrogens with zero attached hydrogens (tertiary/aromatic N) is 4. The minimum absolute atomic E-state index is 0.105. The lowest BCUT2D eigenvalue weighted by atomic mass is 10.3. The van der Waals surface area contributed by atoms with E-state index >= 15 is 0 Å². The molecule has 0 aliphatic carbocycles. The number of hydrogen-bond donors (Lipinski definition) is 1. The van der Waals surface area contributed by atoms with E-state index in [4.69, 9.17) is 4.42 Å². The molecule has 0 aromatic carbocycles. The van der Waals surface area contributed by atoms with E-state index in [0.29, 0.717) is 28.3 Å². The third-order valence-corrected chi connectivity index (χ3v) is 6.65. The molecular formula is C19H18BrN5O3S. The zero-order chi connectivity index (χ0) is 20.9. The molecule has 0 aliphatic rings. The van der Waals surface area contributed by atoms with Crippen molar-refractivity contribution in [3.63, 3.8) is 0 Å². The van der Waals surface area contributed by atoms with Crippen LogP contribution < -0.4 is 11.0 Å². The van der Waals surface area contributed by atoms with Crippen molar-refractivity contribution in [1.82, 2.24) is 19.4 Å². The minimum Gasteiger partial charge on any atom is -0.454 e. The van der Waals surface area contributed by atoms with Crippen LogP contribution in [-0.4, -0.2) is 25.3 Å². The monoisotopic (exact) mass is 475 g/mol. The zero-order valence-corrected chi connectivity index (χ0v) is 18.6. The SMILES string of the molecule is Cc1cc2c(=O)n(NC(=O)c3ccc(Cn4nc(C)c(Br)c4C)o3)c(C)nc2s1. The highest BCUT2D eigenvalue weighted by molar-refractivity contribution is 9.10. The molecule has 0 radical (unpaired) electrons. The number of nitrogens with one attached hydrogen (secondary N) is 1. The third-order valence-electron chi connectivity index (χ3n) is 4.55. The molecule has 0 aliphatic heterocycles. The van der Waals surface area contributed by atoms with Gasteiger partial charge < -0.3 is 4.42 Å². The number of rotatable bonds is 4. The molecule has 29 heavy (non-hydrogen) atoms. The van der Waals surface area contributed by atoms with E-state index < -0.39 is 5.91 Å². The van der Waals surface area contributed by atoms with Gasteiger partial charge in [0.15, 0.2) is 5.76 Å². The zero-order valence-electron chi connectivity index (χ0n) is 16.2. The summed E-state index contributed by atoms with van der Waals surface area (Å²) in [5.74, 6) is 0.564. The number of carbonyl (C=O) groups excluding carboxylic acids is 1. The highest BCUT2D eigenvalue weighted by atomic mass is 79.9. The summed E-state index contributed by atoms with van der Waals surface area (Å²) in [7, 11) is 0.